The Labute approximate surface area is 81.3 Å². The molecule has 0 heterocycles. The Morgan fingerprint density at radius 3 is 2.38 bits per heavy atom. The van der Waals surface area contributed by atoms with Gasteiger partial charge < -0.3 is 5.11 Å². The zero-order valence-corrected chi connectivity index (χ0v) is 8.88. The first-order chi connectivity index (χ1) is 6.16. The van der Waals surface area contributed by atoms with Crippen LogP contribution in [-0.4, -0.2) is 17.0 Å². The minimum absolute atomic E-state index is 0.169. The molecule has 0 spiro atoms. The van der Waals surface area contributed by atoms with E-state index in [1.807, 2.05) is 13.8 Å². The van der Waals surface area contributed by atoms with Gasteiger partial charge in [-0.1, -0.05) is 26.2 Å². The first kappa shape index (κ1) is 12.6. The average Bonchev–Trinajstić information content (AvgIpc) is 2.10. The predicted octanol–water partition coefficient (Wildman–Crippen LogP) is 2.69. The third-order valence-corrected chi connectivity index (χ3v) is 2.22. The Morgan fingerprint density at radius 2 is 1.85 bits per heavy atom. The SMILES string of the molecule is CCC(=O)CCCCCCC(C)O. The van der Waals surface area contributed by atoms with Crippen LogP contribution >= 0.6 is 0 Å². The van der Waals surface area contributed by atoms with Crippen LogP contribution in [0.25, 0.3) is 0 Å². The zero-order valence-electron chi connectivity index (χ0n) is 8.88. The monoisotopic (exact) mass is 186 g/mol. The van der Waals surface area contributed by atoms with Crippen molar-refractivity contribution in [3.8, 4) is 0 Å². The summed E-state index contributed by atoms with van der Waals surface area (Å²) < 4.78 is 0. The van der Waals surface area contributed by atoms with Gasteiger partial charge in [-0.2, -0.15) is 0 Å². The highest BCUT2D eigenvalue weighted by atomic mass is 16.3. The Morgan fingerprint density at radius 1 is 1.23 bits per heavy atom. The summed E-state index contributed by atoms with van der Waals surface area (Å²) in [4.78, 5) is 10.9. The molecule has 78 valence electrons. The molecule has 1 atom stereocenters. The molecule has 2 nitrogen and oxygen atoms in total. The van der Waals surface area contributed by atoms with Crippen LogP contribution in [0.2, 0.25) is 0 Å². The second-order valence-corrected chi connectivity index (χ2v) is 3.69. The molecule has 0 saturated heterocycles. The maximum atomic E-state index is 10.9. The van der Waals surface area contributed by atoms with Crippen molar-refractivity contribution in [1.82, 2.24) is 0 Å². The van der Waals surface area contributed by atoms with Crippen LogP contribution in [0.3, 0.4) is 0 Å². The van der Waals surface area contributed by atoms with Gasteiger partial charge in [0.1, 0.15) is 5.78 Å². The van der Waals surface area contributed by atoms with Gasteiger partial charge in [-0.05, 0) is 19.8 Å². The highest BCUT2D eigenvalue weighted by molar-refractivity contribution is 5.77. The van der Waals surface area contributed by atoms with Gasteiger partial charge in [-0.25, -0.2) is 0 Å². The molecule has 0 saturated carbocycles. The van der Waals surface area contributed by atoms with Crippen molar-refractivity contribution in [3.05, 3.63) is 0 Å². The summed E-state index contributed by atoms with van der Waals surface area (Å²) in [5.41, 5.74) is 0. The summed E-state index contributed by atoms with van der Waals surface area (Å²) in [6.07, 6.45) is 6.50. The number of rotatable bonds is 8. The van der Waals surface area contributed by atoms with E-state index in [9.17, 15) is 4.79 Å². The van der Waals surface area contributed by atoms with E-state index in [4.69, 9.17) is 5.11 Å². The van der Waals surface area contributed by atoms with Gasteiger partial charge >= 0.3 is 0 Å². The van der Waals surface area contributed by atoms with Crippen molar-refractivity contribution >= 4 is 5.78 Å². The van der Waals surface area contributed by atoms with Gasteiger partial charge in [-0.15, -0.1) is 0 Å². The smallest absolute Gasteiger partial charge is 0.132 e. The summed E-state index contributed by atoms with van der Waals surface area (Å²) in [5.74, 6) is 0.371. The lowest BCUT2D eigenvalue weighted by atomic mass is 10.1. The predicted molar refractivity (Wildman–Crippen MR) is 54.7 cm³/mol. The number of hydrogen-bond acceptors (Lipinski definition) is 2. The number of carbonyl (C=O) groups is 1. The summed E-state index contributed by atoms with van der Waals surface area (Å²) in [6.45, 7) is 3.73. The van der Waals surface area contributed by atoms with Crippen molar-refractivity contribution in [1.29, 1.82) is 0 Å². The Kier molecular flexibility index (Phi) is 8.00. The van der Waals surface area contributed by atoms with E-state index in [2.05, 4.69) is 0 Å². The number of ketones is 1. The lowest BCUT2D eigenvalue weighted by Crippen LogP contribution is -1.98. The third kappa shape index (κ3) is 9.54. The Hall–Kier alpha value is -0.370. The lowest BCUT2D eigenvalue weighted by molar-refractivity contribution is -0.118. The minimum Gasteiger partial charge on any atom is -0.393 e. The number of unbranched alkanes of at least 4 members (excludes halogenated alkanes) is 3. The molecule has 0 aromatic rings. The van der Waals surface area contributed by atoms with Crippen molar-refractivity contribution in [2.45, 2.75) is 64.9 Å². The lowest BCUT2D eigenvalue weighted by Gasteiger charge is -2.03. The van der Waals surface area contributed by atoms with Crippen LogP contribution in [0.4, 0.5) is 0 Å². The first-order valence-electron chi connectivity index (χ1n) is 5.36. The number of aliphatic hydroxyl groups excluding tert-OH is 1. The molecule has 0 fully saturated rings. The van der Waals surface area contributed by atoms with Crippen LogP contribution in [0.15, 0.2) is 0 Å². The molecular formula is C11H22O2. The zero-order chi connectivity index (χ0) is 10.1. The quantitative estimate of drug-likeness (QED) is 0.592. The molecular weight excluding hydrogens is 164 g/mol. The molecule has 0 aromatic heterocycles. The number of hydrogen-bond donors (Lipinski definition) is 1. The molecule has 1 unspecified atom stereocenters. The normalized spacial score (nSPS) is 12.8. The highest BCUT2D eigenvalue weighted by Crippen LogP contribution is 2.07. The van der Waals surface area contributed by atoms with Crippen LogP contribution < -0.4 is 0 Å². The summed E-state index contributed by atoms with van der Waals surface area (Å²) >= 11 is 0. The van der Waals surface area contributed by atoms with Crippen LogP contribution in [0.5, 0.6) is 0 Å². The summed E-state index contributed by atoms with van der Waals surface area (Å²) in [5, 5.41) is 8.98. The molecule has 0 aliphatic rings. The van der Waals surface area contributed by atoms with E-state index in [-0.39, 0.29) is 6.10 Å². The van der Waals surface area contributed by atoms with Crippen LogP contribution in [0.1, 0.15) is 58.8 Å². The number of Topliss-reactive ketones (excluding diaryl/α,β-unsaturated/α-hetero) is 1. The molecule has 0 bridgehead atoms. The van der Waals surface area contributed by atoms with Crippen LogP contribution in [-0.2, 0) is 4.79 Å². The molecule has 0 aliphatic carbocycles. The minimum atomic E-state index is -0.169. The van der Waals surface area contributed by atoms with Crippen molar-refractivity contribution in [2.24, 2.45) is 0 Å². The fourth-order valence-corrected chi connectivity index (χ4v) is 1.29. The van der Waals surface area contributed by atoms with E-state index in [0.29, 0.717) is 12.2 Å². The molecule has 0 rings (SSSR count). The Balaban J connectivity index is 3.04. The van der Waals surface area contributed by atoms with Crippen LogP contribution in [0, 0.1) is 0 Å². The standard InChI is InChI=1S/C11H22O2/c1-3-11(13)9-7-5-4-6-8-10(2)12/h10,12H,3-9H2,1-2H3. The van der Waals surface area contributed by atoms with Gasteiger partial charge in [0.15, 0.2) is 0 Å². The maximum absolute atomic E-state index is 10.9. The average molecular weight is 186 g/mol. The molecule has 1 N–H and O–H groups in total. The van der Waals surface area contributed by atoms with Gasteiger partial charge in [0.05, 0.1) is 6.10 Å². The molecule has 2 heteroatoms. The Bertz CT molecular complexity index is 130. The fraction of sp³-hybridized carbons (Fsp3) is 0.909. The van der Waals surface area contributed by atoms with Crippen molar-refractivity contribution in [3.63, 3.8) is 0 Å². The fourth-order valence-electron chi connectivity index (χ4n) is 1.29. The summed E-state index contributed by atoms with van der Waals surface area (Å²) in [6, 6.07) is 0. The largest absolute Gasteiger partial charge is 0.393 e. The van der Waals surface area contributed by atoms with E-state index in [1.54, 1.807) is 0 Å². The van der Waals surface area contributed by atoms with Gasteiger partial charge in [0.2, 0.25) is 0 Å². The molecule has 0 aliphatic heterocycles. The molecule has 0 radical (unpaired) electrons. The van der Waals surface area contributed by atoms with Gasteiger partial charge in [-0.3, -0.25) is 4.79 Å². The highest BCUT2D eigenvalue weighted by Gasteiger charge is 1.98. The molecule has 0 amide bonds. The number of carbonyl (C=O) groups excluding carboxylic acids is 1. The second kappa shape index (κ2) is 8.24. The van der Waals surface area contributed by atoms with E-state index < -0.39 is 0 Å². The number of aliphatic hydroxyl groups is 1. The first-order valence-corrected chi connectivity index (χ1v) is 5.36. The van der Waals surface area contributed by atoms with Gasteiger partial charge in [0.25, 0.3) is 0 Å². The molecule has 0 aromatic carbocycles. The third-order valence-electron chi connectivity index (χ3n) is 2.22. The maximum Gasteiger partial charge on any atom is 0.132 e. The molecule has 13 heavy (non-hydrogen) atoms. The second-order valence-electron chi connectivity index (χ2n) is 3.69. The topological polar surface area (TPSA) is 37.3 Å². The van der Waals surface area contributed by atoms with E-state index in [1.165, 1.54) is 0 Å². The van der Waals surface area contributed by atoms with E-state index in [0.717, 1.165) is 38.5 Å². The van der Waals surface area contributed by atoms with Crippen molar-refractivity contribution < 1.29 is 9.90 Å². The van der Waals surface area contributed by atoms with Gasteiger partial charge in [0, 0.05) is 12.8 Å². The van der Waals surface area contributed by atoms with Crippen molar-refractivity contribution in [2.75, 3.05) is 0 Å². The van der Waals surface area contributed by atoms with E-state index >= 15 is 0 Å². The summed E-state index contributed by atoms with van der Waals surface area (Å²) in [7, 11) is 0.